The Morgan fingerprint density at radius 2 is 2.32 bits per heavy atom. The van der Waals surface area contributed by atoms with E-state index in [1.165, 1.54) is 0 Å². The van der Waals surface area contributed by atoms with Crippen LogP contribution in [0.2, 0.25) is 0 Å². The van der Waals surface area contributed by atoms with Gasteiger partial charge in [-0.1, -0.05) is 12.1 Å². The molecule has 0 radical (unpaired) electrons. The summed E-state index contributed by atoms with van der Waals surface area (Å²) in [5.74, 6) is -0.825. The maximum absolute atomic E-state index is 10.6. The smallest absolute Gasteiger partial charge is 0.303 e. The van der Waals surface area contributed by atoms with Crippen LogP contribution >= 0.6 is 0 Å². The Hall–Kier alpha value is -2.14. The number of carboxylic acid groups (broad SMARTS) is 1. The largest absolute Gasteiger partial charge is 0.481 e. The zero-order valence-corrected chi connectivity index (χ0v) is 10.8. The van der Waals surface area contributed by atoms with E-state index < -0.39 is 5.97 Å². The SMILES string of the molecule is Cc1cnn(-c2cccc(C(N)CCC(=O)O)c2)c1. The van der Waals surface area contributed by atoms with E-state index >= 15 is 0 Å². The molecule has 3 N–H and O–H groups in total. The molecular formula is C14H17N3O2. The number of carboxylic acids is 1. The number of carbonyl (C=O) groups is 1. The minimum absolute atomic E-state index is 0.0757. The fraction of sp³-hybridized carbons (Fsp3) is 0.286. The standard InChI is InChI=1S/C14H17N3O2/c1-10-8-16-17(9-10)12-4-2-3-11(7-12)13(15)5-6-14(18)19/h2-4,7-9,13H,5-6,15H2,1H3,(H,18,19). The van der Waals surface area contributed by atoms with E-state index in [2.05, 4.69) is 5.10 Å². The first-order valence-electron chi connectivity index (χ1n) is 6.15. The van der Waals surface area contributed by atoms with E-state index in [-0.39, 0.29) is 12.5 Å². The third-order valence-electron chi connectivity index (χ3n) is 2.94. The monoisotopic (exact) mass is 259 g/mol. The van der Waals surface area contributed by atoms with Crippen molar-refractivity contribution < 1.29 is 9.90 Å². The summed E-state index contributed by atoms with van der Waals surface area (Å²) < 4.78 is 1.78. The molecule has 100 valence electrons. The topological polar surface area (TPSA) is 81.1 Å². The van der Waals surface area contributed by atoms with Crippen molar-refractivity contribution in [2.24, 2.45) is 5.73 Å². The van der Waals surface area contributed by atoms with Gasteiger partial charge < -0.3 is 10.8 Å². The van der Waals surface area contributed by atoms with Crippen LogP contribution in [0.5, 0.6) is 0 Å². The second kappa shape index (κ2) is 5.67. The zero-order valence-electron chi connectivity index (χ0n) is 10.8. The molecule has 1 aromatic carbocycles. The second-order valence-corrected chi connectivity index (χ2v) is 4.60. The Kier molecular flexibility index (Phi) is 3.97. The van der Waals surface area contributed by atoms with Crippen molar-refractivity contribution in [3.05, 3.63) is 47.8 Å². The van der Waals surface area contributed by atoms with Gasteiger partial charge in [0.25, 0.3) is 0 Å². The van der Waals surface area contributed by atoms with Gasteiger partial charge in [0.05, 0.1) is 11.9 Å². The zero-order chi connectivity index (χ0) is 13.8. The second-order valence-electron chi connectivity index (χ2n) is 4.60. The van der Waals surface area contributed by atoms with Crippen LogP contribution in [0.15, 0.2) is 36.7 Å². The Bertz CT molecular complexity index is 578. The average Bonchev–Trinajstić information content (AvgIpc) is 2.83. The van der Waals surface area contributed by atoms with Gasteiger partial charge >= 0.3 is 5.97 Å². The quantitative estimate of drug-likeness (QED) is 0.861. The van der Waals surface area contributed by atoms with Crippen LogP contribution in [0.1, 0.15) is 30.0 Å². The van der Waals surface area contributed by atoms with E-state index in [1.807, 2.05) is 37.4 Å². The van der Waals surface area contributed by atoms with E-state index in [0.717, 1.165) is 16.8 Å². The highest BCUT2D eigenvalue weighted by molar-refractivity contribution is 5.66. The minimum Gasteiger partial charge on any atom is -0.481 e. The van der Waals surface area contributed by atoms with Crippen LogP contribution in [0, 0.1) is 6.92 Å². The van der Waals surface area contributed by atoms with Crippen molar-refractivity contribution in [1.82, 2.24) is 9.78 Å². The summed E-state index contributed by atoms with van der Waals surface area (Å²) >= 11 is 0. The van der Waals surface area contributed by atoms with Gasteiger partial charge in [-0.15, -0.1) is 0 Å². The van der Waals surface area contributed by atoms with Crippen molar-refractivity contribution >= 4 is 5.97 Å². The van der Waals surface area contributed by atoms with Crippen LogP contribution in [-0.2, 0) is 4.79 Å². The molecule has 5 heteroatoms. The summed E-state index contributed by atoms with van der Waals surface area (Å²) in [4.78, 5) is 10.6. The molecule has 1 unspecified atom stereocenters. The third kappa shape index (κ3) is 3.42. The predicted molar refractivity (Wildman–Crippen MR) is 72.1 cm³/mol. The van der Waals surface area contributed by atoms with Crippen LogP contribution in [0.4, 0.5) is 0 Å². The highest BCUT2D eigenvalue weighted by Crippen LogP contribution is 2.19. The molecule has 0 amide bonds. The molecule has 2 aromatic rings. The summed E-state index contributed by atoms with van der Waals surface area (Å²) in [6.45, 7) is 1.98. The lowest BCUT2D eigenvalue weighted by Gasteiger charge is -2.12. The predicted octanol–water partition coefficient (Wildman–Crippen LogP) is 2.05. The number of hydrogen-bond donors (Lipinski definition) is 2. The van der Waals surface area contributed by atoms with Crippen molar-refractivity contribution in [2.75, 3.05) is 0 Å². The molecule has 0 bridgehead atoms. The Labute approximate surface area is 111 Å². The molecule has 0 aliphatic heterocycles. The molecule has 0 fully saturated rings. The fourth-order valence-corrected chi connectivity index (χ4v) is 1.90. The number of nitrogens with zero attached hydrogens (tertiary/aromatic N) is 2. The van der Waals surface area contributed by atoms with E-state index in [0.29, 0.717) is 6.42 Å². The number of rotatable bonds is 5. The maximum atomic E-state index is 10.6. The minimum atomic E-state index is -0.825. The van der Waals surface area contributed by atoms with Gasteiger partial charge in [-0.25, -0.2) is 4.68 Å². The number of nitrogens with two attached hydrogens (primary N) is 1. The fourth-order valence-electron chi connectivity index (χ4n) is 1.90. The van der Waals surface area contributed by atoms with Crippen LogP contribution in [0.3, 0.4) is 0 Å². The first kappa shape index (κ1) is 13.3. The first-order valence-corrected chi connectivity index (χ1v) is 6.15. The maximum Gasteiger partial charge on any atom is 0.303 e. The molecule has 0 spiro atoms. The normalized spacial score (nSPS) is 12.3. The van der Waals surface area contributed by atoms with Gasteiger partial charge in [-0.05, 0) is 36.6 Å². The number of benzene rings is 1. The summed E-state index contributed by atoms with van der Waals surface area (Å²) in [5, 5.41) is 12.9. The first-order chi connectivity index (χ1) is 9.06. The Morgan fingerprint density at radius 3 is 2.95 bits per heavy atom. The molecule has 1 atom stereocenters. The van der Waals surface area contributed by atoms with Gasteiger partial charge in [0.15, 0.2) is 0 Å². The lowest BCUT2D eigenvalue weighted by Crippen LogP contribution is -2.12. The van der Waals surface area contributed by atoms with Gasteiger partial charge in [-0.3, -0.25) is 4.79 Å². The highest BCUT2D eigenvalue weighted by Gasteiger charge is 2.09. The van der Waals surface area contributed by atoms with E-state index in [1.54, 1.807) is 10.9 Å². The number of aryl methyl sites for hydroxylation is 1. The Balaban J connectivity index is 2.17. The molecule has 1 aromatic heterocycles. The van der Waals surface area contributed by atoms with E-state index in [9.17, 15) is 4.79 Å². The van der Waals surface area contributed by atoms with Crippen molar-refractivity contribution in [2.45, 2.75) is 25.8 Å². The van der Waals surface area contributed by atoms with Crippen LogP contribution < -0.4 is 5.73 Å². The summed E-state index contributed by atoms with van der Waals surface area (Å²) in [7, 11) is 0. The number of hydrogen-bond acceptors (Lipinski definition) is 3. The summed E-state index contributed by atoms with van der Waals surface area (Å²) in [6.07, 6.45) is 4.22. The van der Waals surface area contributed by atoms with Gasteiger partial charge in [-0.2, -0.15) is 5.10 Å². The molecule has 0 saturated carbocycles. The van der Waals surface area contributed by atoms with Crippen molar-refractivity contribution in [3.8, 4) is 5.69 Å². The molecule has 0 saturated heterocycles. The number of aliphatic carboxylic acids is 1. The van der Waals surface area contributed by atoms with Crippen LogP contribution in [0.25, 0.3) is 5.69 Å². The van der Waals surface area contributed by atoms with Gasteiger partial charge in [0, 0.05) is 18.7 Å². The van der Waals surface area contributed by atoms with E-state index in [4.69, 9.17) is 10.8 Å². The molecule has 0 aliphatic carbocycles. The summed E-state index contributed by atoms with van der Waals surface area (Å²) in [6, 6.07) is 7.43. The third-order valence-corrected chi connectivity index (χ3v) is 2.94. The van der Waals surface area contributed by atoms with Crippen molar-refractivity contribution in [3.63, 3.8) is 0 Å². The van der Waals surface area contributed by atoms with Gasteiger partial charge in [0.1, 0.15) is 0 Å². The Morgan fingerprint density at radius 1 is 1.53 bits per heavy atom. The summed E-state index contributed by atoms with van der Waals surface area (Å²) in [5.41, 5.74) is 8.94. The van der Waals surface area contributed by atoms with Gasteiger partial charge in [0.2, 0.25) is 0 Å². The van der Waals surface area contributed by atoms with Crippen LogP contribution in [-0.4, -0.2) is 20.9 Å². The number of aromatic nitrogens is 2. The van der Waals surface area contributed by atoms with Crippen molar-refractivity contribution in [1.29, 1.82) is 0 Å². The molecule has 1 heterocycles. The molecule has 2 rings (SSSR count). The lowest BCUT2D eigenvalue weighted by atomic mass is 10.0. The average molecular weight is 259 g/mol. The highest BCUT2D eigenvalue weighted by atomic mass is 16.4. The molecular weight excluding hydrogens is 242 g/mol. The molecule has 5 nitrogen and oxygen atoms in total. The molecule has 19 heavy (non-hydrogen) atoms. The molecule has 0 aliphatic rings. The lowest BCUT2D eigenvalue weighted by molar-refractivity contribution is -0.137.